The third-order valence-electron chi connectivity index (χ3n) is 3.57. The summed E-state index contributed by atoms with van der Waals surface area (Å²) in [5.41, 5.74) is 5.11. The van der Waals surface area contributed by atoms with E-state index in [0.29, 0.717) is 11.3 Å². The molecule has 110 valence electrons. The lowest BCUT2D eigenvalue weighted by atomic mass is 10.1. The molecule has 1 unspecified atom stereocenters. The number of hydrogen-bond donors (Lipinski definition) is 2. The summed E-state index contributed by atoms with van der Waals surface area (Å²) < 4.78 is 0. The van der Waals surface area contributed by atoms with Crippen LogP contribution in [0.1, 0.15) is 26.3 Å². The zero-order chi connectivity index (χ0) is 14.8. The highest BCUT2D eigenvalue weighted by molar-refractivity contribution is 8.00. The molecule has 2 aromatic rings. The summed E-state index contributed by atoms with van der Waals surface area (Å²) in [4.78, 5) is 1.40. The molecular formula is C18H22N2S. The highest BCUT2D eigenvalue weighted by Gasteiger charge is 2.24. The zero-order valence-electron chi connectivity index (χ0n) is 12.8. The van der Waals surface area contributed by atoms with Crippen molar-refractivity contribution in [3.63, 3.8) is 0 Å². The molecule has 0 bridgehead atoms. The Labute approximate surface area is 131 Å². The molecule has 21 heavy (non-hydrogen) atoms. The number of nitrogens with one attached hydrogen (secondary N) is 2. The predicted molar refractivity (Wildman–Crippen MR) is 93.9 cm³/mol. The van der Waals surface area contributed by atoms with Gasteiger partial charge < -0.3 is 10.6 Å². The molecular weight excluding hydrogens is 276 g/mol. The second-order valence-corrected chi connectivity index (χ2v) is 7.34. The van der Waals surface area contributed by atoms with Gasteiger partial charge in [-0.25, -0.2) is 0 Å². The average Bonchev–Trinajstić information content (AvgIpc) is 2.84. The van der Waals surface area contributed by atoms with Gasteiger partial charge >= 0.3 is 0 Å². The lowest BCUT2D eigenvalue weighted by Gasteiger charge is -2.17. The van der Waals surface area contributed by atoms with Crippen molar-refractivity contribution in [3.05, 3.63) is 48.0 Å². The van der Waals surface area contributed by atoms with Gasteiger partial charge in [0.05, 0.1) is 5.69 Å². The Balaban J connectivity index is 1.94. The van der Waals surface area contributed by atoms with Crippen LogP contribution >= 0.6 is 11.8 Å². The van der Waals surface area contributed by atoms with Crippen LogP contribution in [0, 0.1) is 0 Å². The van der Waals surface area contributed by atoms with Crippen molar-refractivity contribution in [3.8, 4) is 0 Å². The molecule has 0 radical (unpaired) electrons. The average molecular weight is 298 g/mol. The smallest absolute Gasteiger partial charge is 0.0526 e. The van der Waals surface area contributed by atoms with Gasteiger partial charge in [0, 0.05) is 27.6 Å². The maximum atomic E-state index is 3.58. The van der Waals surface area contributed by atoms with Crippen molar-refractivity contribution >= 4 is 28.8 Å². The fourth-order valence-corrected chi connectivity index (χ4v) is 3.95. The first-order valence-electron chi connectivity index (χ1n) is 7.54. The molecule has 0 saturated heterocycles. The first-order valence-corrected chi connectivity index (χ1v) is 8.42. The molecule has 1 aliphatic rings. The Hall–Kier alpha value is -1.61. The highest BCUT2D eigenvalue weighted by Crippen LogP contribution is 2.45. The minimum Gasteiger partial charge on any atom is -0.383 e. The van der Waals surface area contributed by atoms with Gasteiger partial charge in [0.15, 0.2) is 0 Å². The second-order valence-electron chi connectivity index (χ2n) is 5.89. The van der Waals surface area contributed by atoms with Gasteiger partial charge in [-0.2, -0.15) is 0 Å². The quantitative estimate of drug-likeness (QED) is 0.802. The Morgan fingerprint density at radius 2 is 1.76 bits per heavy atom. The van der Waals surface area contributed by atoms with E-state index in [1.807, 2.05) is 17.8 Å². The molecule has 0 spiro atoms. The molecule has 0 fully saturated rings. The number of para-hydroxylation sites is 1. The summed E-state index contributed by atoms with van der Waals surface area (Å²) in [5.74, 6) is 0. The van der Waals surface area contributed by atoms with E-state index in [1.165, 1.54) is 21.8 Å². The van der Waals surface area contributed by atoms with Crippen molar-refractivity contribution in [2.24, 2.45) is 0 Å². The van der Waals surface area contributed by atoms with E-state index in [9.17, 15) is 0 Å². The standard InChI is InChI=1S/C18H22N2S/c1-12(2)19-16-9-10-17(18-15(16)11-13(3)21-18)20-14-7-5-4-6-8-14/h4-10,12-13,19-20H,11H2,1-3H3. The number of fused-ring (bicyclic) bond motifs is 1. The summed E-state index contributed by atoms with van der Waals surface area (Å²) in [7, 11) is 0. The van der Waals surface area contributed by atoms with Gasteiger partial charge in [-0.3, -0.25) is 0 Å². The van der Waals surface area contributed by atoms with E-state index >= 15 is 0 Å². The van der Waals surface area contributed by atoms with Crippen LogP contribution in [0.25, 0.3) is 0 Å². The van der Waals surface area contributed by atoms with E-state index in [0.717, 1.165) is 12.1 Å². The van der Waals surface area contributed by atoms with Gasteiger partial charge in [-0.1, -0.05) is 25.1 Å². The van der Waals surface area contributed by atoms with E-state index < -0.39 is 0 Å². The molecule has 0 saturated carbocycles. The Kier molecular flexibility index (Phi) is 4.11. The van der Waals surface area contributed by atoms with Gasteiger partial charge in [-0.15, -0.1) is 11.8 Å². The summed E-state index contributed by atoms with van der Waals surface area (Å²) in [6.07, 6.45) is 1.14. The van der Waals surface area contributed by atoms with Gasteiger partial charge in [-0.05, 0) is 50.1 Å². The largest absolute Gasteiger partial charge is 0.383 e. The normalized spacial score (nSPS) is 16.9. The third kappa shape index (κ3) is 3.18. The predicted octanol–water partition coefficient (Wildman–Crippen LogP) is 5.29. The molecule has 1 heterocycles. The summed E-state index contributed by atoms with van der Waals surface area (Å²) in [6.45, 7) is 6.68. The Bertz CT molecular complexity index is 623. The minimum absolute atomic E-state index is 0.461. The Morgan fingerprint density at radius 3 is 2.48 bits per heavy atom. The topological polar surface area (TPSA) is 24.1 Å². The fraction of sp³-hybridized carbons (Fsp3) is 0.333. The summed E-state index contributed by atoms with van der Waals surface area (Å²) >= 11 is 1.98. The number of benzene rings is 2. The van der Waals surface area contributed by atoms with E-state index in [-0.39, 0.29) is 0 Å². The van der Waals surface area contributed by atoms with Crippen LogP contribution in [0.5, 0.6) is 0 Å². The molecule has 1 atom stereocenters. The van der Waals surface area contributed by atoms with Crippen LogP contribution < -0.4 is 10.6 Å². The van der Waals surface area contributed by atoms with Crippen molar-refractivity contribution in [1.29, 1.82) is 0 Å². The molecule has 0 amide bonds. The summed E-state index contributed by atoms with van der Waals surface area (Å²) in [5, 5.41) is 7.78. The van der Waals surface area contributed by atoms with Crippen LogP contribution in [-0.2, 0) is 6.42 Å². The molecule has 2 aromatic carbocycles. The van der Waals surface area contributed by atoms with Crippen LogP contribution in [0.3, 0.4) is 0 Å². The number of thioether (sulfide) groups is 1. The minimum atomic E-state index is 0.461. The number of hydrogen-bond acceptors (Lipinski definition) is 3. The molecule has 3 heteroatoms. The third-order valence-corrected chi connectivity index (χ3v) is 4.84. The van der Waals surface area contributed by atoms with Gasteiger partial charge in [0.2, 0.25) is 0 Å². The van der Waals surface area contributed by atoms with E-state index in [2.05, 4.69) is 67.8 Å². The molecule has 2 nitrogen and oxygen atoms in total. The molecule has 3 rings (SSSR count). The van der Waals surface area contributed by atoms with Crippen LogP contribution in [0.2, 0.25) is 0 Å². The van der Waals surface area contributed by atoms with Gasteiger partial charge in [0.1, 0.15) is 0 Å². The first-order chi connectivity index (χ1) is 10.1. The van der Waals surface area contributed by atoms with Crippen molar-refractivity contribution in [2.75, 3.05) is 10.6 Å². The molecule has 1 aliphatic heterocycles. The van der Waals surface area contributed by atoms with Crippen molar-refractivity contribution < 1.29 is 0 Å². The lowest BCUT2D eigenvalue weighted by molar-refractivity contribution is 0.885. The summed E-state index contributed by atoms with van der Waals surface area (Å²) in [6, 6.07) is 15.3. The van der Waals surface area contributed by atoms with Crippen LogP contribution in [0.15, 0.2) is 47.4 Å². The van der Waals surface area contributed by atoms with E-state index in [1.54, 1.807) is 0 Å². The van der Waals surface area contributed by atoms with Crippen molar-refractivity contribution in [1.82, 2.24) is 0 Å². The maximum Gasteiger partial charge on any atom is 0.0526 e. The first kappa shape index (κ1) is 14.3. The molecule has 0 aromatic heterocycles. The van der Waals surface area contributed by atoms with E-state index in [4.69, 9.17) is 0 Å². The zero-order valence-corrected chi connectivity index (χ0v) is 13.6. The van der Waals surface area contributed by atoms with Crippen LogP contribution in [0.4, 0.5) is 17.1 Å². The number of rotatable bonds is 4. The maximum absolute atomic E-state index is 3.58. The molecule has 2 N–H and O–H groups in total. The monoisotopic (exact) mass is 298 g/mol. The van der Waals surface area contributed by atoms with Crippen molar-refractivity contribution in [2.45, 2.75) is 43.4 Å². The lowest BCUT2D eigenvalue weighted by Crippen LogP contribution is -2.12. The highest BCUT2D eigenvalue weighted by atomic mass is 32.2. The van der Waals surface area contributed by atoms with Gasteiger partial charge in [0.25, 0.3) is 0 Å². The number of anilines is 3. The molecule has 0 aliphatic carbocycles. The Morgan fingerprint density at radius 1 is 1.05 bits per heavy atom. The fourth-order valence-electron chi connectivity index (χ4n) is 2.72. The SMILES string of the molecule is CC(C)Nc1ccc(Nc2ccccc2)c2c1CC(C)S2. The second kappa shape index (κ2) is 6.02. The van der Waals surface area contributed by atoms with Crippen LogP contribution in [-0.4, -0.2) is 11.3 Å².